The fraction of sp³-hybridized carbons (Fsp3) is 0.294. The molecule has 0 unspecified atom stereocenters. The maximum Gasteiger partial charge on any atom is 0.306 e. The molecule has 1 heterocycles. The highest BCUT2D eigenvalue weighted by molar-refractivity contribution is 9.10. The van der Waals surface area contributed by atoms with E-state index in [4.69, 9.17) is 13.9 Å². The second-order valence-electron chi connectivity index (χ2n) is 5.11. The Kier molecular flexibility index (Phi) is 6.16. The minimum atomic E-state index is -0.667. The zero-order chi connectivity index (χ0) is 17.7. The first kappa shape index (κ1) is 18.2. The molecule has 0 aliphatic heterocycles. The van der Waals surface area contributed by atoms with Crippen LogP contribution in [0, 0.1) is 0 Å². The number of carbonyl (C=O) groups is 1. The summed E-state index contributed by atoms with van der Waals surface area (Å²) in [6, 6.07) is 8.35. The Morgan fingerprint density at radius 2 is 2.08 bits per heavy atom. The van der Waals surface area contributed by atoms with Crippen molar-refractivity contribution in [1.29, 1.82) is 0 Å². The molecule has 0 amide bonds. The maximum atomic E-state index is 12.0. The van der Waals surface area contributed by atoms with Crippen LogP contribution in [0.25, 0.3) is 0 Å². The molecule has 1 N–H and O–H groups in total. The Balaban J connectivity index is 2.58. The summed E-state index contributed by atoms with van der Waals surface area (Å²) in [5.41, 5.74) is 0.107. The summed E-state index contributed by atoms with van der Waals surface area (Å²) in [6.07, 6.45) is -0.0834. The van der Waals surface area contributed by atoms with E-state index in [-0.39, 0.29) is 24.5 Å². The van der Waals surface area contributed by atoms with Crippen molar-refractivity contribution in [2.45, 2.75) is 18.9 Å². The van der Waals surface area contributed by atoms with Crippen molar-refractivity contribution in [3.63, 3.8) is 0 Å². The van der Waals surface area contributed by atoms with Gasteiger partial charge in [0.05, 0.1) is 19.4 Å². The van der Waals surface area contributed by atoms with Crippen molar-refractivity contribution in [3.05, 3.63) is 62.1 Å². The Hall–Kier alpha value is -2.12. The number of carbonyl (C=O) groups excluding carboxylic acids is 1. The van der Waals surface area contributed by atoms with Gasteiger partial charge in [0.25, 0.3) is 0 Å². The van der Waals surface area contributed by atoms with Crippen molar-refractivity contribution in [2.75, 3.05) is 14.2 Å². The lowest BCUT2D eigenvalue weighted by Gasteiger charge is -2.17. The van der Waals surface area contributed by atoms with Crippen molar-refractivity contribution < 1.29 is 23.8 Å². The Labute approximate surface area is 147 Å². The van der Waals surface area contributed by atoms with Crippen molar-refractivity contribution >= 4 is 21.9 Å². The summed E-state index contributed by atoms with van der Waals surface area (Å²) in [6.45, 7) is 0.0753. The molecular formula is C17H17BrO6. The quantitative estimate of drug-likeness (QED) is 0.755. The average Bonchev–Trinajstić information content (AvgIpc) is 2.56. The lowest BCUT2D eigenvalue weighted by atomic mass is 9.92. The van der Waals surface area contributed by atoms with E-state index in [1.165, 1.54) is 20.3 Å². The number of ether oxygens (including phenoxy) is 2. The fourth-order valence-corrected chi connectivity index (χ4v) is 2.76. The topological polar surface area (TPSA) is 86.0 Å². The number of methoxy groups -OCH3 is 2. The summed E-state index contributed by atoms with van der Waals surface area (Å²) < 4.78 is 16.1. The van der Waals surface area contributed by atoms with Crippen LogP contribution in [0.5, 0.6) is 5.75 Å². The van der Waals surface area contributed by atoms with Gasteiger partial charge in [-0.1, -0.05) is 28.1 Å². The first-order valence-corrected chi connectivity index (χ1v) is 7.92. The molecule has 0 aliphatic carbocycles. The van der Waals surface area contributed by atoms with Gasteiger partial charge in [0.2, 0.25) is 11.2 Å². The lowest BCUT2D eigenvalue weighted by Crippen LogP contribution is -2.14. The Bertz CT molecular complexity index is 783. The predicted octanol–water partition coefficient (Wildman–Crippen LogP) is 2.95. The molecule has 1 atom stereocenters. The molecular weight excluding hydrogens is 380 g/mol. The number of esters is 1. The molecule has 0 bridgehead atoms. The molecule has 0 radical (unpaired) electrons. The van der Waals surface area contributed by atoms with Crippen LogP contribution >= 0.6 is 15.9 Å². The number of halogens is 1. The molecule has 24 heavy (non-hydrogen) atoms. The van der Waals surface area contributed by atoms with E-state index in [9.17, 15) is 14.7 Å². The molecule has 2 rings (SSSR count). The first-order valence-electron chi connectivity index (χ1n) is 7.13. The lowest BCUT2D eigenvalue weighted by molar-refractivity contribution is -0.140. The van der Waals surface area contributed by atoms with E-state index in [1.54, 1.807) is 18.2 Å². The number of aromatic hydroxyl groups is 1. The second-order valence-corrected chi connectivity index (χ2v) is 6.03. The number of hydrogen-bond donors (Lipinski definition) is 1. The van der Waals surface area contributed by atoms with E-state index < -0.39 is 23.1 Å². The molecule has 1 aromatic carbocycles. The highest BCUT2D eigenvalue weighted by Gasteiger charge is 2.26. The van der Waals surface area contributed by atoms with Gasteiger partial charge in [0.15, 0.2) is 5.76 Å². The summed E-state index contributed by atoms with van der Waals surface area (Å²) in [5.74, 6) is -1.40. The van der Waals surface area contributed by atoms with Crippen molar-refractivity contribution in [1.82, 2.24) is 0 Å². The van der Waals surface area contributed by atoms with E-state index in [2.05, 4.69) is 15.9 Å². The van der Waals surface area contributed by atoms with Crippen molar-refractivity contribution in [2.24, 2.45) is 0 Å². The minimum Gasteiger partial charge on any atom is -0.502 e. The number of benzene rings is 1. The molecule has 128 valence electrons. The zero-order valence-corrected chi connectivity index (χ0v) is 14.8. The van der Waals surface area contributed by atoms with Crippen LogP contribution < -0.4 is 5.43 Å². The molecule has 0 aliphatic rings. The van der Waals surface area contributed by atoms with Crippen molar-refractivity contribution in [3.8, 4) is 5.75 Å². The highest BCUT2D eigenvalue weighted by Crippen LogP contribution is 2.34. The standard InChI is InChI=1S/C17H17BrO6/c1-22-9-12-7-14(19)16(21)17(24-12)13(8-15(20)23-2)10-4-3-5-11(18)6-10/h3-7,13,21H,8-9H2,1-2H3/t13-/m1/s1. The number of hydrogen-bond acceptors (Lipinski definition) is 6. The number of rotatable bonds is 6. The largest absolute Gasteiger partial charge is 0.502 e. The molecule has 2 aromatic rings. The highest BCUT2D eigenvalue weighted by atomic mass is 79.9. The van der Waals surface area contributed by atoms with Crippen LogP contribution in [0.3, 0.4) is 0 Å². The van der Waals surface area contributed by atoms with Gasteiger partial charge in [0.1, 0.15) is 12.4 Å². The van der Waals surface area contributed by atoms with Gasteiger partial charge in [-0.2, -0.15) is 0 Å². The van der Waals surface area contributed by atoms with Gasteiger partial charge in [-0.25, -0.2) is 0 Å². The molecule has 0 saturated carbocycles. The molecule has 1 aromatic heterocycles. The zero-order valence-electron chi connectivity index (χ0n) is 13.2. The average molecular weight is 397 g/mol. The van der Waals surface area contributed by atoms with Crippen LogP contribution in [-0.4, -0.2) is 25.3 Å². The SMILES string of the molecule is COCc1cc(=O)c(O)c([C@H](CC(=O)OC)c2cccc(Br)c2)o1. The summed E-state index contributed by atoms with van der Waals surface area (Å²) >= 11 is 3.37. The normalized spacial score (nSPS) is 12.0. The summed E-state index contributed by atoms with van der Waals surface area (Å²) in [7, 11) is 2.74. The van der Waals surface area contributed by atoms with E-state index in [0.717, 1.165) is 4.47 Å². The van der Waals surface area contributed by atoms with Crippen LogP contribution in [0.4, 0.5) is 0 Å². The second kappa shape index (κ2) is 8.12. The van der Waals surface area contributed by atoms with Gasteiger partial charge in [0, 0.05) is 17.6 Å². The Morgan fingerprint density at radius 3 is 2.71 bits per heavy atom. The van der Waals surface area contributed by atoms with Crippen LogP contribution in [0.1, 0.15) is 29.4 Å². The predicted molar refractivity (Wildman–Crippen MR) is 90.0 cm³/mol. The van der Waals surface area contributed by atoms with Crippen LogP contribution in [0.15, 0.2) is 44.0 Å². The summed E-state index contributed by atoms with van der Waals surface area (Å²) in [4.78, 5) is 23.8. The molecule has 7 heteroatoms. The summed E-state index contributed by atoms with van der Waals surface area (Å²) in [5, 5.41) is 10.2. The monoisotopic (exact) mass is 396 g/mol. The smallest absolute Gasteiger partial charge is 0.306 e. The third kappa shape index (κ3) is 4.24. The maximum absolute atomic E-state index is 12.0. The Morgan fingerprint density at radius 1 is 1.33 bits per heavy atom. The van der Waals surface area contributed by atoms with Gasteiger partial charge < -0.3 is 19.0 Å². The van der Waals surface area contributed by atoms with E-state index in [0.29, 0.717) is 5.56 Å². The van der Waals surface area contributed by atoms with Gasteiger partial charge >= 0.3 is 5.97 Å². The third-order valence-electron chi connectivity index (χ3n) is 3.45. The first-order chi connectivity index (χ1) is 11.5. The third-order valence-corrected chi connectivity index (χ3v) is 3.95. The van der Waals surface area contributed by atoms with E-state index >= 15 is 0 Å². The fourth-order valence-electron chi connectivity index (χ4n) is 2.34. The van der Waals surface area contributed by atoms with Crippen LogP contribution in [0.2, 0.25) is 0 Å². The molecule has 0 saturated heterocycles. The van der Waals surface area contributed by atoms with Gasteiger partial charge in [-0.05, 0) is 17.7 Å². The molecule has 6 nitrogen and oxygen atoms in total. The molecule has 0 spiro atoms. The van der Waals surface area contributed by atoms with Crippen LogP contribution in [-0.2, 0) is 20.9 Å². The minimum absolute atomic E-state index is 0.0121. The van der Waals surface area contributed by atoms with Gasteiger partial charge in [-0.15, -0.1) is 0 Å². The van der Waals surface area contributed by atoms with Gasteiger partial charge in [-0.3, -0.25) is 9.59 Å². The molecule has 0 fully saturated rings. The van der Waals surface area contributed by atoms with E-state index in [1.807, 2.05) is 6.07 Å².